The lowest BCUT2D eigenvalue weighted by Gasteiger charge is -2.14. The van der Waals surface area contributed by atoms with Crippen LogP contribution < -0.4 is 10.6 Å². The van der Waals surface area contributed by atoms with Crippen molar-refractivity contribution in [2.75, 3.05) is 18.4 Å². The molecule has 2 nitrogen and oxygen atoms in total. The molecule has 17 heavy (non-hydrogen) atoms. The summed E-state index contributed by atoms with van der Waals surface area (Å²) in [6.07, 6.45) is -2.07. The van der Waals surface area contributed by atoms with Crippen molar-refractivity contribution in [3.05, 3.63) is 29.8 Å². The fraction of sp³-hybridized carbons (Fsp3) is 0.500. The van der Waals surface area contributed by atoms with Crippen molar-refractivity contribution in [2.24, 2.45) is 0 Å². The monoisotopic (exact) mass is 244 g/mol. The summed E-state index contributed by atoms with van der Waals surface area (Å²) in [6.45, 7) is 1.66. The van der Waals surface area contributed by atoms with Crippen LogP contribution in [-0.2, 0) is 6.18 Å². The molecule has 1 aromatic carbocycles. The van der Waals surface area contributed by atoms with Crippen LogP contribution in [0.2, 0.25) is 0 Å². The second-order valence-corrected chi connectivity index (χ2v) is 4.25. The molecule has 0 amide bonds. The Balaban J connectivity index is 1.96. The third kappa shape index (κ3) is 3.36. The minimum atomic E-state index is -4.27. The summed E-state index contributed by atoms with van der Waals surface area (Å²) in [5, 5.41) is 6.32. The van der Waals surface area contributed by atoms with Gasteiger partial charge in [-0.25, -0.2) is 0 Å². The fourth-order valence-electron chi connectivity index (χ4n) is 1.98. The number of nitrogens with one attached hydrogen (secondary N) is 2. The zero-order valence-electron chi connectivity index (χ0n) is 9.35. The van der Waals surface area contributed by atoms with E-state index in [-0.39, 0.29) is 0 Å². The maximum atomic E-state index is 12.5. The number of rotatable bonds is 3. The van der Waals surface area contributed by atoms with Crippen molar-refractivity contribution in [1.82, 2.24) is 5.32 Å². The van der Waals surface area contributed by atoms with Gasteiger partial charge in [0.25, 0.3) is 0 Å². The van der Waals surface area contributed by atoms with Crippen LogP contribution in [0.1, 0.15) is 18.4 Å². The maximum Gasteiger partial charge on any atom is 0.416 e. The smallest absolute Gasteiger partial charge is 0.383 e. The van der Waals surface area contributed by atoms with E-state index in [1.54, 1.807) is 6.07 Å². The molecule has 1 aliphatic rings. The second kappa shape index (κ2) is 4.96. The van der Waals surface area contributed by atoms with Gasteiger partial charge in [-0.1, -0.05) is 6.07 Å². The number of benzene rings is 1. The molecule has 94 valence electrons. The molecule has 1 atom stereocenters. The standard InChI is InChI=1S/C12H15F3N2/c13-12(14,15)9-3-1-4-10(7-9)17-8-11-5-2-6-16-11/h1,3-4,7,11,16-17H,2,5-6,8H2. The van der Waals surface area contributed by atoms with Crippen LogP contribution in [0, 0.1) is 0 Å². The van der Waals surface area contributed by atoms with Crippen molar-refractivity contribution >= 4 is 5.69 Å². The first-order chi connectivity index (χ1) is 8.05. The molecule has 1 aromatic rings. The minimum Gasteiger partial charge on any atom is -0.383 e. The molecule has 1 fully saturated rings. The van der Waals surface area contributed by atoms with E-state index in [1.165, 1.54) is 6.07 Å². The summed E-state index contributed by atoms with van der Waals surface area (Å²) in [5.41, 5.74) is -0.0876. The van der Waals surface area contributed by atoms with Crippen LogP contribution >= 0.6 is 0 Å². The number of alkyl halides is 3. The lowest BCUT2D eigenvalue weighted by molar-refractivity contribution is -0.137. The Morgan fingerprint density at radius 3 is 2.82 bits per heavy atom. The molecule has 0 saturated carbocycles. The summed E-state index contributed by atoms with van der Waals surface area (Å²) in [7, 11) is 0. The normalized spacial score (nSPS) is 20.5. The predicted octanol–water partition coefficient (Wildman–Crippen LogP) is 2.87. The summed E-state index contributed by atoms with van der Waals surface area (Å²) < 4.78 is 37.4. The van der Waals surface area contributed by atoms with Crippen molar-refractivity contribution in [2.45, 2.75) is 25.1 Å². The van der Waals surface area contributed by atoms with Gasteiger partial charge in [0.15, 0.2) is 0 Å². The molecule has 0 spiro atoms. The van der Waals surface area contributed by atoms with E-state index in [2.05, 4.69) is 10.6 Å². The van der Waals surface area contributed by atoms with E-state index >= 15 is 0 Å². The number of hydrogen-bond donors (Lipinski definition) is 2. The van der Waals surface area contributed by atoms with Gasteiger partial charge >= 0.3 is 6.18 Å². The van der Waals surface area contributed by atoms with Gasteiger partial charge in [0, 0.05) is 18.3 Å². The SMILES string of the molecule is FC(F)(F)c1cccc(NCC2CCCN2)c1. The Morgan fingerprint density at radius 2 is 2.18 bits per heavy atom. The van der Waals surface area contributed by atoms with E-state index in [1.807, 2.05) is 0 Å². The van der Waals surface area contributed by atoms with E-state index < -0.39 is 11.7 Å². The third-order valence-electron chi connectivity index (χ3n) is 2.90. The van der Waals surface area contributed by atoms with Gasteiger partial charge in [0.2, 0.25) is 0 Å². The maximum absolute atomic E-state index is 12.5. The second-order valence-electron chi connectivity index (χ2n) is 4.25. The summed E-state index contributed by atoms with van der Waals surface area (Å²) in [6, 6.07) is 5.68. The first kappa shape index (κ1) is 12.2. The van der Waals surface area contributed by atoms with Gasteiger partial charge in [0.1, 0.15) is 0 Å². The molecule has 0 bridgehead atoms. The topological polar surface area (TPSA) is 24.1 Å². The Bertz CT molecular complexity index is 370. The van der Waals surface area contributed by atoms with Crippen molar-refractivity contribution < 1.29 is 13.2 Å². The average molecular weight is 244 g/mol. The molecule has 5 heteroatoms. The average Bonchev–Trinajstić information content (AvgIpc) is 2.78. The Kier molecular flexibility index (Phi) is 3.57. The zero-order chi connectivity index (χ0) is 12.3. The van der Waals surface area contributed by atoms with Crippen molar-refractivity contribution in [3.8, 4) is 0 Å². The molecule has 0 aliphatic carbocycles. The highest BCUT2D eigenvalue weighted by atomic mass is 19.4. The predicted molar refractivity (Wildman–Crippen MR) is 61.0 cm³/mol. The minimum absolute atomic E-state index is 0.365. The zero-order valence-corrected chi connectivity index (χ0v) is 9.35. The fourth-order valence-corrected chi connectivity index (χ4v) is 1.98. The molecular weight excluding hydrogens is 229 g/mol. The van der Waals surface area contributed by atoms with E-state index in [0.29, 0.717) is 18.3 Å². The molecule has 1 unspecified atom stereocenters. The molecule has 1 heterocycles. The lowest BCUT2D eigenvalue weighted by Crippen LogP contribution is -2.29. The molecule has 2 N–H and O–H groups in total. The lowest BCUT2D eigenvalue weighted by atomic mass is 10.2. The van der Waals surface area contributed by atoms with Gasteiger partial charge in [-0.2, -0.15) is 13.2 Å². The van der Waals surface area contributed by atoms with Crippen LogP contribution in [0.3, 0.4) is 0 Å². The van der Waals surface area contributed by atoms with Crippen molar-refractivity contribution in [3.63, 3.8) is 0 Å². The molecule has 2 rings (SSSR count). The Morgan fingerprint density at radius 1 is 1.35 bits per heavy atom. The largest absolute Gasteiger partial charge is 0.416 e. The van der Waals surface area contributed by atoms with Gasteiger partial charge in [-0.05, 0) is 37.6 Å². The molecule has 1 aliphatic heterocycles. The Hall–Kier alpha value is -1.23. The number of hydrogen-bond acceptors (Lipinski definition) is 2. The highest BCUT2D eigenvalue weighted by Gasteiger charge is 2.30. The molecular formula is C12H15F3N2. The van der Waals surface area contributed by atoms with Crippen LogP contribution in [-0.4, -0.2) is 19.1 Å². The molecule has 0 aromatic heterocycles. The van der Waals surface area contributed by atoms with Crippen LogP contribution in [0.15, 0.2) is 24.3 Å². The van der Waals surface area contributed by atoms with Gasteiger partial charge in [-0.15, -0.1) is 0 Å². The molecule has 0 radical (unpaired) electrons. The van der Waals surface area contributed by atoms with E-state index in [0.717, 1.165) is 31.5 Å². The number of anilines is 1. The summed E-state index contributed by atoms with van der Waals surface area (Å²) >= 11 is 0. The summed E-state index contributed by atoms with van der Waals surface area (Å²) in [4.78, 5) is 0. The van der Waals surface area contributed by atoms with E-state index in [4.69, 9.17) is 0 Å². The van der Waals surface area contributed by atoms with Gasteiger partial charge in [0.05, 0.1) is 5.56 Å². The van der Waals surface area contributed by atoms with Crippen LogP contribution in [0.25, 0.3) is 0 Å². The molecule has 1 saturated heterocycles. The van der Waals surface area contributed by atoms with Crippen LogP contribution in [0.4, 0.5) is 18.9 Å². The van der Waals surface area contributed by atoms with Gasteiger partial charge in [-0.3, -0.25) is 0 Å². The summed E-state index contributed by atoms with van der Waals surface area (Å²) in [5.74, 6) is 0. The quantitative estimate of drug-likeness (QED) is 0.854. The first-order valence-electron chi connectivity index (χ1n) is 5.70. The highest BCUT2D eigenvalue weighted by molar-refractivity contribution is 5.46. The third-order valence-corrected chi connectivity index (χ3v) is 2.90. The van der Waals surface area contributed by atoms with Crippen molar-refractivity contribution in [1.29, 1.82) is 0 Å². The van der Waals surface area contributed by atoms with E-state index in [9.17, 15) is 13.2 Å². The Labute approximate surface area is 98.2 Å². The van der Waals surface area contributed by atoms with Gasteiger partial charge < -0.3 is 10.6 Å². The first-order valence-corrected chi connectivity index (χ1v) is 5.70. The van der Waals surface area contributed by atoms with Crippen LogP contribution in [0.5, 0.6) is 0 Å². The number of halogens is 3. The highest BCUT2D eigenvalue weighted by Crippen LogP contribution is 2.30.